The number of rotatable bonds is 2. The van der Waals surface area contributed by atoms with Gasteiger partial charge in [0.1, 0.15) is 12.0 Å². The van der Waals surface area contributed by atoms with Gasteiger partial charge in [-0.1, -0.05) is 0 Å². The van der Waals surface area contributed by atoms with Crippen LogP contribution in [0.2, 0.25) is 0 Å². The molecule has 0 saturated heterocycles. The van der Waals surface area contributed by atoms with Crippen molar-refractivity contribution in [3.05, 3.63) is 18.4 Å². The van der Waals surface area contributed by atoms with Crippen LogP contribution in [0, 0.1) is 0 Å². The van der Waals surface area contributed by atoms with E-state index < -0.39 is 6.03 Å². The minimum atomic E-state index is -0.630. The third-order valence-electron chi connectivity index (χ3n) is 1.13. The highest BCUT2D eigenvalue weighted by Gasteiger charge is 1.98. The molecule has 12 heavy (non-hydrogen) atoms. The lowest BCUT2D eigenvalue weighted by molar-refractivity contribution is 0.220. The van der Waals surface area contributed by atoms with Crippen LogP contribution in [0.3, 0.4) is 0 Å². The van der Waals surface area contributed by atoms with Crippen LogP contribution in [-0.2, 0) is 0 Å². The lowest BCUT2D eigenvalue weighted by atomic mass is 10.5. The van der Waals surface area contributed by atoms with Gasteiger partial charge in [-0.25, -0.2) is 14.8 Å². The molecule has 6 heteroatoms. The summed E-state index contributed by atoms with van der Waals surface area (Å²) in [5.41, 5.74) is 5.44. The number of hydrogen-bond acceptors (Lipinski definition) is 4. The zero-order chi connectivity index (χ0) is 8.97. The van der Waals surface area contributed by atoms with Crippen molar-refractivity contribution < 1.29 is 9.21 Å². The summed E-state index contributed by atoms with van der Waals surface area (Å²) in [6.45, 7) is 0. The quantitative estimate of drug-likeness (QED) is 0.499. The average Bonchev–Trinajstić information content (AvgIpc) is 2.51. The highest BCUT2D eigenvalue weighted by molar-refractivity contribution is 5.78. The molecular formula is C6H8N4O2. The Kier molecular flexibility index (Phi) is 2.42. The molecule has 0 aliphatic heterocycles. The SMILES string of the molecule is CN(/N=C/c1cocn1)C(N)=O. The maximum atomic E-state index is 10.4. The number of primary amides is 1. The summed E-state index contributed by atoms with van der Waals surface area (Å²) in [5, 5.41) is 4.67. The van der Waals surface area contributed by atoms with E-state index >= 15 is 0 Å². The van der Waals surface area contributed by atoms with Gasteiger partial charge in [-0.3, -0.25) is 0 Å². The minimum Gasteiger partial charge on any atom is -0.451 e. The zero-order valence-electron chi connectivity index (χ0n) is 6.47. The van der Waals surface area contributed by atoms with Gasteiger partial charge in [0.2, 0.25) is 0 Å². The van der Waals surface area contributed by atoms with Crippen LogP contribution in [0.25, 0.3) is 0 Å². The molecule has 0 saturated carbocycles. The highest BCUT2D eigenvalue weighted by atomic mass is 16.3. The van der Waals surface area contributed by atoms with Crippen molar-refractivity contribution in [3.8, 4) is 0 Å². The zero-order valence-corrected chi connectivity index (χ0v) is 6.47. The molecule has 1 aromatic rings. The molecule has 0 aromatic carbocycles. The first kappa shape index (κ1) is 8.25. The number of hydrogen-bond donors (Lipinski definition) is 1. The Morgan fingerprint density at radius 3 is 3.17 bits per heavy atom. The summed E-state index contributed by atoms with van der Waals surface area (Å²) in [6.07, 6.45) is 4.04. The monoisotopic (exact) mass is 168 g/mol. The molecule has 1 rings (SSSR count). The van der Waals surface area contributed by atoms with Crippen LogP contribution in [0.1, 0.15) is 5.69 Å². The fourth-order valence-corrected chi connectivity index (χ4v) is 0.488. The van der Waals surface area contributed by atoms with Crippen molar-refractivity contribution in [1.29, 1.82) is 0 Å². The van der Waals surface area contributed by atoms with Gasteiger partial charge in [0.15, 0.2) is 6.39 Å². The smallest absolute Gasteiger partial charge is 0.334 e. The van der Waals surface area contributed by atoms with Gasteiger partial charge in [0.05, 0.1) is 6.21 Å². The lowest BCUT2D eigenvalue weighted by Gasteiger charge is -2.03. The van der Waals surface area contributed by atoms with Crippen LogP contribution in [0.5, 0.6) is 0 Å². The summed E-state index contributed by atoms with van der Waals surface area (Å²) in [5.74, 6) is 0. The molecule has 2 amide bonds. The first-order valence-corrected chi connectivity index (χ1v) is 3.15. The summed E-state index contributed by atoms with van der Waals surface area (Å²) in [4.78, 5) is 14.2. The highest BCUT2D eigenvalue weighted by Crippen LogP contribution is 1.90. The minimum absolute atomic E-state index is 0.531. The summed E-state index contributed by atoms with van der Waals surface area (Å²) in [6, 6.07) is -0.630. The first-order chi connectivity index (χ1) is 5.70. The van der Waals surface area contributed by atoms with E-state index in [4.69, 9.17) is 5.73 Å². The number of hydrazone groups is 1. The normalized spacial score (nSPS) is 10.4. The van der Waals surface area contributed by atoms with Crippen molar-refractivity contribution in [2.24, 2.45) is 10.8 Å². The molecule has 0 fully saturated rings. The van der Waals surface area contributed by atoms with Crippen molar-refractivity contribution in [1.82, 2.24) is 9.99 Å². The van der Waals surface area contributed by atoms with Gasteiger partial charge in [-0.05, 0) is 0 Å². The molecule has 64 valence electrons. The van der Waals surface area contributed by atoms with Crippen molar-refractivity contribution >= 4 is 12.2 Å². The first-order valence-electron chi connectivity index (χ1n) is 3.15. The molecule has 0 aliphatic rings. The van der Waals surface area contributed by atoms with Gasteiger partial charge >= 0.3 is 6.03 Å². The number of carbonyl (C=O) groups is 1. The predicted molar refractivity (Wildman–Crippen MR) is 41.4 cm³/mol. The van der Waals surface area contributed by atoms with Gasteiger partial charge in [-0.15, -0.1) is 0 Å². The molecule has 0 unspecified atom stereocenters. The van der Waals surface area contributed by atoms with Crippen LogP contribution >= 0.6 is 0 Å². The molecule has 0 aliphatic carbocycles. The molecule has 0 radical (unpaired) electrons. The largest absolute Gasteiger partial charge is 0.451 e. The average molecular weight is 168 g/mol. The predicted octanol–water partition coefficient (Wildman–Crippen LogP) is 0.0190. The Morgan fingerprint density at radius 1 is 1.92 bits per heavy atom. The molecule has 0 atom stereocenters. The van der Waals surface area contributed by atoms with Crippen molar-refractivity contribution in [2.75, 3.05) is 7.05 Å². The number of oxazole rings is 1. The molecule has 6 nitrogen and oxygen atoms in total. The van der Waals surface area contributed by atoms with Gasteiger partial charge < -0.3 is 10.2 Å². The second-order valence-electron chi connectivity index (χ2n) is 2.02. The van der Waals surface area contributed by atoms with Gasteiger partial charge in [0.25, 0.3) is 0 Å². The summed E-state index contributed by atoms with van der Waals surface area (Å²) >= 11 is 0. The Balaban J connectivity index is 2.56. The molecule has 0 spiro atoms. The van der Waals surface area contributed by atoms with E-state index in [0.717, 1.165) is 5.01 Å². The fraction of sp³-hybridized carbons (Fsp3) is 0.167. The maximum Gasteiger partial charge on any atom is 0.334 e. The van der Waals surface area contributed by atoms with E-state index in [0.29, 0.717) is 5.69 Å². The fourth-order valence-electron chi connectivity index (χ4n) is 0.488. The van der Waals surface area contributed by atoms with E-state index in [1.165, 1.54) is 25.9 Å². The van der Waals surface area contributed by atoms with Gasteiger partial charge in [0, 0.05) is 7.05 Å². The van der Waals surface area contributed by atoms with Crippen molar-refractivity contribution in [3.63, 3.8) is 0 Å². The van der Waals surface area contributed by atoms with E-state index in [2.05, 4.69) is 14.5 Å². The van der Waals surface area contributed by atoms with E-state index in [9.17, 15) is 4.79 Å². The molecule has 1 aromatic heterocycles. The molecular weight excluding hydrogens is 160 g/mol. The number of carbonyl (C=O) groups excluding carboxylic acids is 1. The lowest BCUT2D eigenvalue weighted by Crippen LogP contribution is -2.27. The van der Waals surface area contributed by atoms with Crippen molar-refractivity contribution in [2.45, 2.75) is 0 Å². The van der Waals surface area contributed by atoms with Crippen LogP contribution in [0.4, 0.5) is 4.79 Å². The second kappa shape index (κ2) is 3.51. The van der Waals surface area contributed by atoms with Crippen LogP contribution < -0.4 is 5.73 Å². The van der Waals surface area contributed by atoms with E-state index in [1.54, 1.807) is 0 Å². The van der Waals surface area contributed by atoms with Crippen LogP contribution in [0.15, 0.2) is 22.2 Å². The number of nitrogens with zero attached hydrogens (tertiary/aromatic N) is 3. The Hall–Kier alpha value is -1.85. The van der Waals surface area contributed by atoms with Gasteiger partial charge in [-0.2, -0.15) is 5.10 Å². The number of urea groups is 1. The second-order valence-corrected chi connectivity index (χ2v) is 2.02. The van der Waals surface area contributed by atoms with E-state index in [1.807, 2.05) is 0 Å². The maximum absolute atomic E-state index is 10.4. The number of nitrogens with two attached hydrogens (primary N) is 1. The Labute approximate surface area is 68.7 Å². The summed E-state index contributed by atoms with van der Waals surface area (Å²) < 4.78 is 4.67. The molecule has 2 N–H and O–H groups in total. The third-order valence-corrected chi connectivity index (χ3v) is 1.13. The van der Waals surface area contributed by atoms with E-state index in [-0.39, 0.29) is 0 Å². The van der Waals surface area contributed by atoms with Crippen LogP contribution in [-0.4, -0.2) is 29.3 Å². The Bertz CT molecular complexity index is 280. The number of aromatic nitrogens is 1. The molecule has 1 heterocycles. The Morgan fingerprint density at radius 2 is 2.67 bits per heavy atom. The molecule has 0 bridgehead atoms. The third kappa shape index (κ3) is 2.08. The topological polar surface area (TPSA) is 84.7 Å². The number of amides is 2. The summed E-state index contributed by atoms with van der Waals surface area (Å²) in [7, 11) is 1.44. The standard InChI is InChI=1S/C6H8N4O2/c1-10(6(7)11)9-2-5-3-12-4-8-5/h2-4H,1H3,(H2,7,11)/b9-2+.